The smallest absolute Gasteiger partial charge is 0.413 e. The Hall–Kier alpha value is -2.42. The lowest BCUT2D eigenvalue weighted by Crippen LogP contribution is -2.32. The van der Waals surface area contributed by atoms with Crippen molar-refractivity contribution in [2.24, 2.45) is 0 Å². The van der Waals surface area contributed by atoms with E-state index in [2.05, 4.69) is 20.3 Å². The minimum atomic E-state index is -0.802. The maximum Gasteiger partial charge on any atom is 0.413 e. The maximum atomic E-state index is 13.8. The Balaban J connectivity index is 2.01. The molecule has 1 aromatic carbocycles. The van der Waals surface area contributed by atoms with Crippen LogP contribution in [0.2, 0.25) is 0 Å². The number of carbonyl (C=O) groups excluding carboxylic acids is 2. The number of ether oxygens (including phenoxy) is 1. The van der Waals surface area contributed by atoms with Crippen molar-refractivity contribution in [2.75, 3.05) is 12.4 Å². The van der Waals surface area contributed by atoms with Gasteiger partial charge in [0.1, 0.15) is 12.1 Å². The van der Waals surface area contributed by atoms with E-state index in [0.29, 0.717) is 5.16 Å². The van der Waals surface area contributed by atoms with Crippen LogP contribution < -0.4 is 5.32 Å². The molecule has 0 saturated carbocycles. The molecule has 7 nitrogen and oxygen atoms in total. The first-order valence-corrected chi connectivity index (χ1v) is 7.34. The third kappa shape index (κ3) is 4.04. The van der Waals surface area contributed by atoms with Crippen LogP contribution in [0, 0.1) is 5.82 Å². The van der Waals surface area contributed by atoms with Gasteiger partial charge >= 0.3 is 6.09 Å². The number of para-hydroxylation sites is 1. The standard InChI is InChI=1S/C13H13FN4O3S/c1-2-21-13(20)16-11(19)7-22-12-17-15-8-18(12)10-6-4-3-5-9(10)14/h3-6,8H,2,7H2,1H3,(H,16,19,20). The van der Waals surface area contributed by atoms with Gasteiger partial charge in [0.25, 0.3) is 0 Å². The van der Waals surface area contributed by atoms with Crippen LogP contribution in [0.3, 0.4) is 0 Å². The van der Waals surface area contributed by atoms with Gasteiger partial charge in [0.2, 0.25) is 5.91 Å². The van der Waals surface area contributed by atoms with Gasteiger partial charge in [-0.2, -0.15) is 0 Å². The molecule has 0 radical (unpaired) electrons. The number of nitrogens with zero attached hydrogens (tertiary/aromatic N) is 3. The quantitative estimate of drug-likeness (QED) is 0.844. The van der Waals surface area contributed by atoms with Crippen molar-refractivity contribution in [3.63, 3.8) is 0 Å². The average molecular weight is 324 g/mol. The highest BCUT2D eigenvalue weighted by molar-refractivity contribution is 7.99. The number of imide groups is 1. The summed E-state index contributed by atoms with van der Waals surface area (Å²) in [6, 6.07) is 6.14. The van der Waals surface area contributed by atoms with Crippen LogP contribution in [0.4, 0.5) is 9.18 Å². The number of halogens is 1. The number of alkyl carbamates (subject to hydrolysis) is 1. The molecule has 1 N–H and O–H groups in total. The number of thioether (sulfide) groups is 1. The molecule has 0 aliphatic carbocycles. The van der Waals surface area contributed by atoms with Crippen molar-refractivity contribution in [1.82, 2.24) is 20.1 Å². The van der Waals surface area contributed by atoms with Gasteiger partial charge in [-0.25, -0.2) is 9.18 Å². The minimum Gasteiger partial charge on any atom is -0.450 e. The lowest BCUT2D eigenvalue weighted by atomic mass is 10.3. The molecule has 9 heteroatoms. The number of nitrogens with one attached hydrogen (secondary N) is 1. The zero-order chi connectivity index (χ0) is 15.9. The zero-order valence-corrected chi connectivity index (χ0v) is 12.5. The molecule has 2 amide bonds. The first-order chi connectivity index (χ1) is 10.6. The Labute approximate surface area is 129 Å². The highest BCUT2D eigenvalue weighted by atomic mass is 32.2. The molecule has 2 rings (SSSR count). The van der Waals surface area contributed by atoms with Gasteiger partial charge in [0, 0.05) is 0 Å². The maximum absolute atomic E-state index is 13.8. The summed E-state index contributed by atoms with van der Waals surface area (Å²) in [5, 5.41) is 9.94. The van der Waals surface area contributed by atoms with Gasteiger partial charge in [0.05, 0.1) is 18.0 Å². The van der Waals surface area contributed by atoms with E-state index in [1.54, 1.807) is 25.1 Å². The Morgan fingerprint density at radius 3 is 2.91 bits per heavy atom. The Bertz CT molecular complexity index is 677. The molecule has 0 bridgehead atoms. The average Bonchev–Trinajstić information content (AvgIpc) is 2.94. The third-order valence-electron chi connectivity index (χ3n) is 2.48. The second kappa shape index (κ2) is 7.55. The van der Waals surface area contributed by atoms with E-state index in [0.717, 1.165) is 11.8 Å². The molecule has 0 fully saturated rings. The van der Waals surface area contributed by atoms with Crippen LogP contribution in [0.15, 0.2) is 35.7 Å². The van der Waals surface area contributed by atoms with Crippen molar-refractivity contribution in [3.05, 3.63) is 36.4 Å². The molecule has 1 heterocycles. The zero-order valence-electron chi connectivity index (χ0n) is 11.7. The second-order valence-corrected chi connectivity index (χ2v) is 4.93. The number of benzene rings is 1. The van der Waals surface area contributed by atoms with E-state index in [1.165, 1.54) is 17.0 Å². The van der Waals surface area contributed by atoms with E-state index in [9.17, 15) is 14.0 Å². The predicted molar refractivity (Wildman–Crippen MR) is 77.2 cm³/mol. The molecule has 1 aromatic heterocycles. The van der Waals surface area contributed by atoms with E-state index >= 15 is 0 Å². The number of amides is 2. The number of rotatable bonds is 5. The van der Waals surface area contributed by atoms with Crippen LogP contribution in [-0.2, 0) is 9.53 Å². The first-order valence-electron chi connectivity index (χ1n) is 6.36. The Morgan fingerprint density at radius 1 is 1.41 bits per heavy atom. The molecule has 22 heavy (non-hydrogen) atoms. The number of hydrogen-bond donors (Lipinski definition) is 1. The van der Waals surface area contributed by atoms with E-state index < -0.39 is 17.8 Å². The van der Waals surface area contributed by atoms with Gasteiger partial charge in [-0.1, -0.05) is 23.9 Å². The minimum absolute atomic E-state index is 0.0774. The molecule has 0 spiro atoms. The number of hydrogen-bond acceptors (Lipinski definition) is 6. The van der Waals surface area contributed by atoms with Crippen molar-refractivity contribution < 1.29 is 18.7 Å². The summed E-state index contributed by atoms with van der Waals surface area (Å²) < 4.78 is 19.8. The lowest BCUT2D eigenvalue weighted by Gasteiger charge is -2.07. The Kier molecular flexibility index (Phi) is 5.48. The van der Waals surface area contributed by atoms with Gasteiger partial charge in [-0.15, -0.1) is 10.2 Å². The lowest BCUT2D eigenvalue weighted by molar-refractivity contribution is -0.117. The molecule has 2 aromatic rings. The fourth-order valence-corrected chi connectivity index (χ4v) is 2.30. The number of aromatic nitrogens is 3. The van der Waals surface area contributed by atoms with E-state index in [1.807, 2.05) is 0 Å². The first kappa shape index (κ1) is 16.0. The van der Waals surface area contributed by atoms with Gasteiger partial charge in [-0.3, -0.25) is 14.7 Å². The molecular formula is C13H13FN4O3S. The summed E-state index contributed by atoms with van der Waals surface area (Å²) in [7, 11) is 0. The highest BCUT2D eigenvalue weighted by Crippen LogP contribution is 2.21. The predicted octanol–water partition coefficient (Wildman–Crippen LogP) is 1.77. The molecule has 0 aliphatic heterocycles. The van der Waals surface area contributed by atoms with Gasteiger partial charge < -0.3 is 4.74 Å². The van der Waals surface area contributed by atoms with Gasteiger partial charge in [0.15, 0.2) is 5.16 Å². The van der Waals surface area contributed by atoms with Crippen LogP contribution in [-0.4, -0.2) is 39.1 Å². The summed E-state index contributed by atoms with van der Waals surface area (Å²) >= 11 is 1.03. The van der Waals surface area contributed by atoms with Crippen LogP contribution in [0.5, 0.6) is 0 Å². The van der Waals surface area contributed by atoms with Gasteiger partial charge in [-0.05, 0) is 19.1 Å². The molecule has 0 aliphatic rings. The third-order valence-corrected chi connectivity index (χ3v) is 3.42. The fraction of sp³-hybridized carbons (Fsp3) is 0.231. The molecule has 0 unspecified atom stereocenters. The fourth-order valence-electron chi connectivity index (χ4n) is 1.58. The van der Waals surface area contributed by atoms with Crippen LogP contribution in [0.25, 0.3) is 5.69 Å². The van der Waals surface area contributed by atoms with Crippen molar-refractivity contribution >= 4 is 23.8 Å². The summed E-state index contributed by atoms with van der Waals surface area (Å²) in [5.41, 5.74) is 0.279. The highest BCUT2D eigenvalue weighted by Gasteiger charge is 2.14. The van der Waals surface area contributed by atoms with Crippen LogP contribution in [0.1, 0.15) is 6.92 Å². The normalized spacial score (nSPS) is 10.3. The van der Waals surface area contributed by atoms with Crippen LogP contribution >= 0.6 is 11.8 Å². The molecule has 116 valence electrons. The second-order valence-electron chi connectivity index (χ2n) is 3.99. The summed E-state index contributed by atoms with van der Waals surface area (Å²) in [4.78, 5) is 22.7. The van der Waals surface area contributed by atoms with E-state index in [-0.39, 0.29) is 18.0 Å². The largest absolute Gasteiger partial charge is 0.450 e. The summed E-state index contributed by atoms with van der Waals surface area (Å²) in [6.07, 6.45) is 0.549. The molecule has 0 saturated heterocycles. The van der Waals surface area contributed by atoms with Crippen molar-refractivity contribution in [2.45, 2.75) is 12.1 Å². The van der Waals surface area contributed by atoms with Crippen molar-refractivity contribution in [1.29, 1.82) is 0 Å². The van der Waals surface area contributed by atoms with E-state index in [4.69, 9.17) is 0 Å². The SMILES string of the molecule is CCOC(=O)NC(=O)CSc1nncn1-c1ccccc1F. The Morgan fingerprint density at radius 2 is 2.18 bits per heavy atom. The summed E-state index contributed by atoms with van der Waals surface area (Å²) in [5.74, 6) is -1.04. The number of carbonyl (C=O) groups is 2. The molecular weight excluding hydrogens is 311 g/mol. The summed E-state index contributed by atoms with van der Waals surface area (Å²) in [6.45, 7) is 1.81. The molecule has 0 atom stereocenters. The van der Waals surface area contributed by atoms with Crippen molar-refractivity contribution in [3.8, 4) is 5.69 Å². The monoisotopic (exact) mass is 324 g/mol. The topological polar surface area (TPSA) is 86.1 Å².